The van der Waals surface area contributed by atoms with Gasteiger partial charge in [0.1, 0.15) is 5.00 Å². The third-order valence-corrected chi connectivity index (χ3v) is 3.21. The van der Waals surface area contributed by atoms with Gasteiger partial charge in [-0.2, -0.15) is 0 Å². The fraction of sp³-hybridized carbons (Fsp3) is 0.625. The maximum Gasteiger partial charge on any atom is 0.235 e. The number of nitrogens with zero attached hydrogens (tertiary/aromatic N) is 2. The van der Waals surface area contributed by atoms with Crippen LogP contribution in [0.3, 0.4) is 0 Å². The number of amides is 1. The average Bonchev–Trinajstić information content (AvgIpc) is 2.79. The second kappa shape index (κ2) is 3.84. The predicted octanol–water partition coefficient (Wildman–Crippen LogP) is -0.160. The summed E-state index contributed by atoms with van der Waals surface area (Å²) in [7, 11) is 0. The summed E-state index contributed by atoms with van der Waals surface area (Å²) in [6, 6.07) is -0.265. The first-order valence-corrected chi connectivity index (χ1v) is 5.32. The smallest absolute Gasteiger partial charge is 0.235 e. The largest absolute Gasteiger partial charge is 0.379 e. The van der Waals surface area contributed by atoms with Crippen LogP contribution < -0.4 is 11.1 Å². The summed E-state index contributed by atoms with van der Waals surface area (Å²) in [5.41, 5.74) is 5.17. The summed E-state index contributed by atoms with van der Waals surface area (Å²) in [5.74, 6) is -0.140. The Morgan fingerprint density at radius 1 is 1.87 bits per heavy atom. The summed E-state index contributed by atoms with van der Waals surface area (Å²) in [4.78, 5) is 11.9. The van der Waals surface area contributed by atoms with Crippen molar-refractivity contribution >= 4 is 22.4 Å². The molecule has 2 atom stereocenters. The highest BCUT2D eigenvalue weighted by Crippen LogP contribution is 2.28. The van der Waals surface area contributed by atoms with Crippen molar-refractivity contribution in [2.45, 2.75) is 13.0 Å². The lowest BCUT2D eigenvalue weighted by atomic mass is 9.85. The number of hydrogen-bond donors (Lipinski definition) is 2. The number of carbonyl (C=O) groups is 1. The van der Waals surface area contributed by atoms with Gasteiger partial charge in [-0.1, -0.05) is 4.49 Å². The van der Waals surface area contributed by atoms with Gasteiger partial charge in [0.25, 0.3) is 0 Å². The number of hydrogen-bond acceptors (Lipinski definition) is 6. The van der Waals surface area contributed by atoms with Gasteiger partial charge in [0.2, 0.25) is 5.91 Å². The second-order valence-electron chi connectivity index (χ2n) is 3.77. The van der Waals surface area contributed by atoms with Crippen LogP contribution in [-0.2, 0) is 9.53 Å². The number of aromatic nitrogens is 2. The fourth-order valence-corrected chi connectivity index (χ4v) is 1.81. The van der Waals surface area contributed by atoms with E-state index in [2.05, 4.69) is 14.9 Å². The van der Waals surface area contributed by atoms with Crippen LogP contribution in [0.15, 0.2) is 6.20 Å². The number of nitrogens with two attached hydrogens (primary N) is 1. The average molecular weight is 228 g/mol. The first-order valence-electron chi connectivity index (χ1n) is 4.55. The van der Waals surface area contributed by atoms with Gasteiger partial charge in [-0.05, 0) is 6.92 Å². The summed E-state index contributed by atoms with van der Waals surface area (Å²) in [6.07, 6.45) is 1.51. The van der Waals surface area contributed by atoms with Crippen LogP contribution >= 0.6 is 11.5 Å². The normalized spacial score (nSPS) is 30.4. The standard InChI is InChI=1S/C8H12N4O2S/c1-8(4-14-3-5(8)9)7(13)11-6-2-10-12-15-6/h2,5H,3-4,9H2,1H3,(H,11,13). The predicted molar refractivity (Wildman–Crippen MR) is 55.4 cm³/mol. The van der Waals surface area contributed by atoms with Gasteiger partial charge >= 0.3 is 0 Å². The topological polar surface area (TPSA) is 90.1 Å². The minimum Gasteiger partial charge on any atom is -0.379 e. The maximum absolute atomic E-state index is 11.9. The highest BCUT2D eigenvalue weighted by molar-refractivity contribution is 7.10. The van der Waals surface area contributed by atoms with Crippen LogP contribution in [0.2, 0.25) is 0 Å². The number of nitrogens with one attached hydrogen (secondary N) is 1. The Kier molecular flexibility index (Phi) is 2.68. The molecule has 82 valence electrons. The zero-order valence-electron chi connectivity index (χ0n) is 8.27. The van der Waals surface area contributed by atoms with Crippen molar-refractivity contribution in [2.75, 3.05) is 18.5 Å². The van der Waals surface area contributed by atoms with E-state index in [1.54, 1.807) is 6.92 Å². The van der Waals surface area contributed by atoms with Gasteiger partial charge in [-0.3, -0.25) is 4.79 Å². The first kappa shape index (κ1) is 10.5. The van der Waals surface area contributed by atoms with Crippen LogP contribution in [0, 0.1) is 5.41 Å². The SMILES string of the molecule is CC1(C(=O)Nc2cnns2)COCC1N. The number of rotatable bonds is 2. The molecule has 6 nitrogen and oxygen atoms in total. The summed E-state index contributed by atoms with van der Waals surface area (Å²) < 4.78 is 8.86. The lowest BCUT2D eigenvalue weighted by Crippen LogP contribution is -2.47. The quantitative estimate of drug-likeness (QED) is 0.734. The van der Waals surface area contributed by atoms with Crippen molar-refractivity contribution in [2.24, 2.45) is 11.1 Å². The molecule has 1 amide bonds. The molecule has 0 aliphatic carbocycles. The molecule has 1 saturated heterocycles. The monoisotopic (exact) mass is 228 g/mol. The molecule has 0 saturated carbocycles. The molecule has 2 heterocycles. The fourth-order valence-electron chi connectivity index (χ4n) is 1.40. The summed E-state index contributed by atoms with van der Waals surface area (Å²) in [5, 5.41) is 6.99. The molecule has 2 unspecified atom stereocenters. The Bertz CT molecular complexity index is 356. The molecular weight excluding hydrogens is 216 g/mol. The number of anilines is 1. The molecule has 15 heavy (non-hydrogen) atoms. The molecule has 1 aromatic rings. The molecule has 7 heteroatoms. The Hall–Kier alpha value is -1.05. The van der Waals surface area contributed by atoms with E-state index in [4.69, 9.17) is 10.5 Å². The van der Waals surface area contributed by atoms with Crippen LogP contribution in [0.1, 0.15) is 6.92 Å². The lowest BCUT2D eigenvalue weighted by molar-refractivity contribution is -0.125. The van der Waals surface area contributed by atoms with E-state index in [9.17, 15) is 4.79 Å². The molecule has 1 aromatic heterocycles. The van der Waals surface area contributed by atoms with Crippen molar-refractivity contribution < 1.29 is 9.53 Å². The molecule has 0 aromatic carbocycles. The van der Waals surface area contributed by atoms with Gasteiger partial charge in [0.15, 0.2) is 0 Å². The Labute approximate surface area is 91.0 Å². The molecule has 3 N–H and O–H groups in total. The van der Waals surface area contributed by atoms with Crippen LogP contribution in [0.25, 0.3) is 0 Å². The molecule has 2 rings (SSSR count). The number of carbonyl (C=O) groups excluding carboxylic acids is 1. The van der Waals surface area contributed by atoms with Gasteiger partial charge in [-0.25, -0.2) is 0 Å². The highest BCUT2D eigenvalue weighted by Gasteiger charge is 2.44. The lowest BCUT2D eigenvalue weighted by Gasteiger charge is -2.24. The van der Waals surface area contributed by atoms with Crippen LogP contribution in [-0.4, -0.2) is 34.7 Å². The van der Waals surface area contributed by atoms with E-state index in [1.165, 1.54) is 6.20 Å². The second-order valence-corrected chi connectivity index (χ2v) is 4.56. The molecule has 1 fully saturated rings. The zero-order valence-corrected chi connectivity index (χ0v) is 9.08. The van der Waals surface area contributed by atoms with E-state index >= 15 is 0 Å². The van der Waals surface area contributed by atoms with E-state index in [0.717, 1.165) is 11.5 Å². The summed E-state index contributed by atoms with van der Waals surface area (Å²) >= 11 is 1.14. The van der Waals surface area contributed by atoms with Gasteiger partial charge in [-0.15, -0.1) is 5.10 Å². The van der Waals surface area contributed by atoms with Crippen molar-refractivity contribution in [1.82, 2.24) is 9.59 Å². The third-order valence-electron chi connectivity index (χ3n) is 2.63. The molecule has 1 aliphatic rings. The molecule has 0 spiro atoms. The minimum absolute atomic E-state index is 0.140. The number of ether oxygens (including phenoxy) is 1. The molecular formula is C8H12N4O2S. The maximum atomic E-state index is 11.9. The third kappa shape index (κ3) is 1.85. The van der Waals surface area contributed by atoms with E-state index in [1.807, 2.05) is 0 Å². The Morgan fingerprint density at radius 3 is 3.20 bits per heavy atom. The Morgan fingerprint density at radius 2 is 2.67 bits per heavy atom. The van der Waals surface area contributed by atoms with Crippen molar-refractivity contribution in [1.29, 1.82) is 0 Å². The molecule has 0 bridgehead atoms. The zero-order chi connectivity index (χ0) is 10.9. The van der Waals surface area contributed by atoms with Crippen LogP contribution in [0.5, 0.6) is 0 Å². The van der Waals surface area contributed by atoms with Gasteiger partial charge in [0, 0.05) is 17.6 Å². The van der Waals surface area contributed by atoms with Crippen molar-refractivity contribution in [3.05, 3.63) is 6.20 Å². The van der Waals surface area contributed by atoms with E-state index in [-0.39, 0.29) is 11.9 Å². The highest BCUT2D eigenvalue weighted by atomic mass is 32.1. The summed E-state index contributed by atoms with van der Waals surface area (Å²) in [6.45, 7) is 2.57. The first-order chi connectivity index (χ1) is 7.13. The molecule has 0 radical (unpaired) electrons. The van der Waals surface area contributed by atoms with Gasteiger partial charge < -0.3 is 15.8 Å². The van der Waals surface area contributed by atoms with Crippen molar-refractivity contribution in [3.63, 3.8) is 0 Å². The van der Waals surface area contributed by atoms with E-state index in [0.29, 0.717) is 18.2 Å². The molecule has 1 aliphatic heterocycles. The van der Waals surface area contributed by atoms with Gasteiger partial charge in [0.05, 0.1) is 24.8 Å². The van der Waals surface area contributed by atoms with E-state index < -0.39 is 5.41 Å². The minimum atomic E-state index is -0.663. The van der Waals surface area contributed by atoms with Crippen molar-refractivity contribution in [3.8, 4) is 0 Å². The van der Waals surface area contributed by atoms with Crippen LogP contribution in [0.4, 0.5) is 5.00 Å². The Balaban J connectivity index is 2.07.